The predicted molar refractivity (Wildman–Crippen MR) is 79.3 cm³/mol. The molecule has 0 aromatic carbocycles. The van der Waals surface area contributed by atoms with Crippen molar-refractivity contribution in [3.8, 4) is 0 Å². The largest absolute Gasteiger partial charge is 0.409 e. The molecule has 9 nitrogen and oxygen atoms in total. The van der Waals surface area contributed by atoms with Gasteiger partial charge in [-0.1, -0.05) is 12.1 Å². The Bertz CT molecular complexity index is 579. The number of sulfonamides is 1. The second-order valence-electron chi connectivity index (χ2n) is 5.04. The predicted octanol–water partition coefficient (Wildman–Crippen LogP) is -1.54. The second-order valence-corrected chi connectivity index (χ2v) is 9.51. The highest BCUT2D eigenvalue weighted by Crippen LogP contribution is 2.13. The first-order valence-electron chi connectivity index (χ1n) is 6.47. The SMILES string of the molecule is CCC(C(N)=NO)N1CCN(S(=O)(=O)CS(C)(=O)=O)CC1. The minimum atomic E-state index is -3.81. The van der Waals surface area contributed by atoms with Crippen LogP contribution in [0, 0.1) is 0 Å². The molecule has 11 heteroatoms. The maximum absolute atomic E-state index is 12.0. The van der Waals surface area contributed by atoms with Crippen LogP contribution >= 0.6 is 0 Å². The molecular formula is C10H22N4O5S2. The van der Waals surface area contributed by atoms with Crippen molar-refractivity contribution in [1.82, 2.24) is 9.21 Å². The van der Waals surface area contributed by atoms with Gasteiger partial charge in [-0.25, -0.2) is 16.8 Å². The van der Waals surface area contributed by atoms with E-state index in [0.717, 1.165) is 6.26 Å². The van der Waals surface area contributed by atoms with Gasteiger partial charge in [0.2, 0.25) is 10.0 Å². The summed E-state index contributed by atoms with van der Waals surface area (Å²) < 4.78 is 47.4. The molecule has 21 heavy (non-hydrogen) atoms. The lowest BCUT2D eigenvalue weighted by Gasteiger charge is -2.37. The minimum absolute atomic E-state index is 0.0879. The fourth-order valence-corrected chi connectivity index (χ4v) is 5.84. The van der Waals surface area contributed by atoms with Crippen molar-refractivity contribution in [2.75, 3.05) is 37.5 Å². The van der Waals surface area contributed by atoms with E-state index in [2.05, 4.69) is 5.16 Å². The van der Waals surface area contributed by atoms with E-state index in [-0.39, 0.29) is 25.0 Å². The van der Waals surface area contributed by atoms with Crippen LogP contribution in [0.25, 0.3) is 0 Å². The molecule has 1 saturated heterocycles. The van der Waals surface area contributed by atoms with Crippen molar-refractivity contribution in [2.24, 2.45) is 10.9 Å². The number of nitrogens with two attached hydrogens (primary N) is 1. The normalized spacial score (nSPS) is 21.3. The van der Waals surface area contributed by atoms with Gasteiger partial charge in [0.1, 0.15) is 0 Å². The lowest BCUT2D eigenvalue weighted by molar-refractivity contribution is 0.161. The van der Waals surface area contributed by atoms with Gasteiger partial charge in [-0.2, -0.15) is 4.31 Å². The van der Waals surface area contributed by atoms with Gasteiger partial charge in [-0.05, 0) is 6.42 Å². The van der Waals surface area contributed by atoms with E-state index in [1.54, 1.807) is 0 Å². The summed E-state index contributed by atoms with van der Waals surface area (Å²) in [5, 5.41) is 10.9. The monoisotopic (exact) mass is 342 g/mol. The quantitative estimate of drug-likeness (QED) is 0.259. The van der Waals surface area contributed by atoms with Gasteiger partial charge < -0.3 is 10.9 Å². The number of amidine groups is 1. The van der Waals surface area contributed by atoms with Crippen molar-refractivity contribution in [3.05, 3.63) is 0 Å². The minimum Gasteiger partial charge on any atom is -0.409 e. The van der Waals surface area contributed by atoms with Gasteiger partial charge in [0, 0.05) is 32.4 Å². The molecule has 1 aliphatic rings. The Balaban J connectivity index is 2.72. The third-order valence-corrected chi connectivity index (χ3v) is 7.37. The summed E-state index contributed by atoms with van der Waals surface area (Å²) in [6.07, 6.45) is 1.53. The molecule has 1 rings (SSSR count). The molecule has 1 atom stereocenters. The lowest BCUT2D eigenvalue weighted by Crippen LogP contribution is -2.55. The number of sulfone groups is 1. The van der Waals surface area contributed by atoms with Crippen LogP contribution in [0.5, 0.6) is 0 Å². The van der Waals surface area contributed by atoms with E-state index in [1.165, 1.54) is 4.31 Å². The molecule has 0 aromatic heterocycles. The summed E-state index contributed by atoms with van der Waals surface area (Å²) in [7, 11) is -7.41. The van der Waals surface area contributed by atoms with E-state index < -0.39 is 24.9 Å². The van der Waals surface area contributed by atoms with Gasteiger partial charge in [-0.3, -0.25) is 4.90 Å². The fourth-order valence-electron chi connectivity index (χ4n) is 2.36. The Kier molecular flexibility index (Phi) is 5.96. The molecular weight excluding hydrogens is 320 g/mol. The lowest BCUT2D eigenvalue weighted by atomic mass is 10.1. The zero-order valence-corrected chi connectivity index (χ0v) is 13.8. The van der Waals surface area contributed by atoms with Crippen LogP contribution in [0.1, 0.15) is 13.3 Å². The van der Waals surface area contributed by atoms with E-state index in [9.17, 15) is 16.8 Å². The summed E-state index contributed by atoms with van der Waals surface area (Å²) in [6.45, 7) is 3.06. The van der Waals surface area contributed by atoms with Crippen molar-refractivity contribution in [2.45, 2.75) is 19.4 Å². The number of rotatable bonds is 6. The summed E-state index contributed by atoms with van der Waals surface area (Å²) in [4.78, 5) is 1.92. The third-order valence-electron chi connectivity index (χ3n) is 3.31. The average molecular weight is 342 g/mol. The molecule has 1 heterocycles. The number of oxime groups is 1. The topological polar surface area (TPSA) is 133 Å². The molecule has 1 aliphatic heterocycles. The van der Waals surface area contributed by atoms with Crippen LogP contribution < -0.4 is 5.73 Å². The third kappa shape index (κ3) is 5.09. The molecule has 0 aromatic rings. The summed E-state index contributed by atoms with van der Waals surface area (Å²) in [6, 6.07) is -0.255. The van der Waals surface area contributed by atoms with E-state index in [1.807, 2.05) is 11.8 Å². The van der Waals surface area contributed by atoms with Crippen LogP contribution in [-0.4, -0.2) is 80.6 Å². The highest BCUT2D eigenvalue weighted by molar-refractivity contribution is 8.06. The van der Waals surface area contributed by atoms with Crippen molar-refractivity contribution in [3.63, 3.8) is 0 Å². The van der Waals surface area contributed by atoms with Gasteiger partial charge in [0.25, 0.3) is 0 Å². The number of piperazine rings is 1. The molecule has 0 radical (unpaired) electrons. The van der Waals surface area contributed by atoms with Gasteiger partial charge in [0.15, 0.2) is 20.8 Å². The molecule has 0 aliphatic carbocycles. The smallest absolute Gasteiger partial charge is 0.228 e. The Morgan fingerprint density at radius 2 is 1.76 bits per heavy atom. The average Bonchev–Trinajstić information content (AvgIpc) is 2.37. The number of hydrogen-bond donors (Lipinski definition) is 2. The van der Waals surface area contributed by atoms with Crippen LogP contribution in [-0.2, 0) is 19.9 Å². The first-order chi connectivity index (χ1) is 9.60. The first-order valence-corrected chi connectivity index (χ1v) is 10.1. The summed E-state index contributed by atoms with van der Waals surface area (Å²) >= 11 is 0. The Morgan fingerprint density at radius 1 is 1.24 bits per heavy atom. The van der Waals surface area contributed by atoms with Crippen LogP contribution in [0.3, 0.4) is 0 Å². The molecule has 0 spiro atoms. The number of hydrogen-bond acceptors (Lipinski definition) is 7. The zero-order valence-electron chi connectivity index (χ0n) is 12.1. The van der Waals surface area contributed by atoms with Crippen LogP contribution in [0.4, 0.5) is 0 Å². The first kappa shape index (κ1) is 18.1. The highest BCUT2D eigenvalue weighted by atomic mass is 32.3. The van der Waals surface area contributed by atoms with Gasteiger partial charge in [-0.15, -0.1) is 0 Å². The zero-order chi connectivity index (χ0) is 16.3. The Labute approximate surface area is 125 Å². The Hall–Kier alpha value is -0.910. The number of nitrogens with zero attached hydrogens (tertiary/aromatic N) is 3. The molecule has 1 fully saturated rings. The molecule has 0 amide bonds. The van der Waals surface area contributed by atoms with E-state index in [0.29, 0.717) is 19.5 Å². The molecule has 3 N–H and O–H groups in total. The Morgan fingerprint density at radius 3 is 2.14 bits per heavy atom. The molecule has 124 valence electrons. The maximum Gasteiger partial charge on any atom is 0.228 e. The van der Waals surface area contributed by atoms with Gasteiger partial charge >= 0.3 is 0 Å². The van der Waals surface area contributed by atoms with E-state index >= 15 is 0 Å². The second kappa shape index (κ2) is 6.90. The maximum atomic E-state index is 12.0. The molecule has 1 unspecified atom stereocenters. The molecule has 0 bridgehead atoms. The highest BCUT2D eigenvalue weighted by Gasteiger charge is 2.32. The van der Waals surface area contributed by atoms with Gasteiger partial charge in [0.05, 0.1) is 6.04 Å². The standard InChI is InChI=1S/C10H22N4O5S2/c1-3-9(10(11)12-15)13-4-6-14(7-5-13)21(18,19)8-20(2,16)17/h9,15H,3-8H2,1-2H3,(H2,11,12). The van der Waals surface area contributed by atoms with Crippen LogP contribution in [0.2, 0.25) is 0 Å². The van der Waals surface area contributed by atoms with Crippen LogP contribution in [0.15, 0.2) is 5.16 Å². The van der Waals surface area contributed by atoms with E-state index in [4.69, 9.17) is 10.9 Å². The molecule has 0 saturated carbocycles. The fraction of sp³-hybridized carbons (Fsp3) is 0.900. The van der Waals surface area contributed by atoms with Crippen molar-refractivity contribution < 1.29 is 22.0 Å². The summed E-state index contributed by atoms with van der Waals surface area (Å²) in [5.74, 6) is 0.0879. The van der Waals surface area contributed by atoms with Crippen molar-refractivity contribution in [1.29, 1.82) is 0 Å². The van der Waals surface area contributed by atoms with Crippen molar-refractivity contribution >= 4 is 25.7 Å². The summed E-state index contributed by atoms with van der Waals surface area (Å²) in [5.41, 5.74) is 5.61.